The zero-order chi connectivity index (χ0) is 18.5. The summed E-state index contributed by atoms with van der Waals surface area (Å²) in [4.78, 5) is 21.9. The predicted molar refractivity (Wildman–Crippen MR) is 108 cm³/mol. The van der Waals surface area contributed by atoms with E-state index in [0.717, 1.165) is 29.8 Å². The fourth-order valence-electron chi connectivity index (χ4n) is 3.20. The molecule has 1 aromatic carbocycles. The summed E-state index contributed by atoms with van der Waals surface area (Å²) in [6, 6.07) is 13.8. The van der Waals surface area contributed by atoms with Crippen LogP contribution in [0.15, 0.2) is 58.6 Å². The fraction of sp³-hybridized carbons (Fsp3) is 0.286. The number of rotatable bonds is 5. The summed E-state index contributed by atoms with van der Waals surface area (Å²) in [5.41, 5.74) is 1.73. The summed E-state index contributed by atoms with van der Waals surface area (Å²) in [5.74, 6) is 0.626. The number of thioether (sulfide) groups is 1. The number of para-hydroxylation sites is 1. The van der Waals surface area contributed by atoms with Gasteiger partial charge in [0.1, 0.15) is 12.4 Å². The second-order valence-electron chi connectivity index (χ2n) is 6.58. The summed E-state index contributed by atoms with van der Waals surface area (Å²) >= 11 is 1.41. The van der Waals surface area contributed by atoms with Crippen LogP contribution in [0.1, 0.15) is 36.9 Å². The van der Waals surface area contributed by atoms with Crippen molar-refractivity contribution in [3.63, 3.8) is 0 Å². The molecular formula is C21H21N3O2S. The lowest BCUT2D eigenvalue weighted by Crippen LogP contribution is -2.21. The molecule has 6 heteroatoms. The van der Waals surface area contributed by atoms with Crippen molar-refractivity contribution in [3.05, 3.63) is 64.8 Å². The molecule has 1 saturated heterocycles. The van der Waals surface area contributed by atoms with Crippen molar-refractivity contribution in [2.45, 2.75) is 38.3 Å². The number of ether oxygens (including phenoxy) is 1. The predicted octanol–water partition coefficient (Wildman–Crippen LogP) is 4.16. The van der Waals surface area contributed by atoms with E-state index in [1.165, 1.54) is 24.6 Å². The van der Waals surface area contributed by atoms with Crippen molar-refractivity contribution in [2.75, 3.05) is 0 Å². The molecule has 1 amide bonds. The maximum atomic E-state index is 12.3. The highest BCUT2D eigenvalue weighted by Gasteiger charge is 2.26. The van der Waals surface area contributed by atoms with Gasteiger partial charge in [-0.05, 0) is 48.9 Å². The molecule has 1 saturated carbocycles. The van der Waals surface area contributed by atoms with Crippen LogP contribution in [0.3, 0.4) is 0 Å². The lowest BCUT2D eigenvalue weighted by molar-refractivity contribution is -0.115. The van der Waals surface area contributed by atoms with E-state index >= 15 is 0 Å². The maximum absolute atomic E-state index is 12.3. The summed E-state index contributed by atoms with van der Waals surface area (Å²) in [5, 5.41) is 3.60. The minimum absolute atomic E-state index is 0.101. The highest BCUT2D eigenvalue weighted by atomic mass is 32.2. The highest BCUT2D eigenvalue weighted by Crippen LogP contribution is 2.31. The minimum atomic E-state index is -0.101. The summed E-state index contributed by atoms with van der Waals surface area (Å²) < 4.78 is 5.92. The lowest BCUT2D eigenvalue weighted by atomic mass is 10.2. The Bertz CT molecular complexity index is 874. The number of benzene rings is 1. The molecular weight excluding hydrogens is 358 g/mol. The Balaban J connectivity index is 1.49. The normalized spacial score (nSPS) is 20.4. The van der Waals surface area contributed by atoms with Crippen molar-refractivity contribution in [3.8, 4) is 5.75 Å². The number of aromatic nitrogens is 1. The van der Waals surface area contributed by atoms with Crippen molar-refractivity contribution in [2.24, 2.45) is 4.99 Å². The van der Waals surface area contributed by atoms with E-state index in [-0.39, 0.29) is 5.91 Å². The second kappa shape index (κ2) is 8.39. The number of nitrogens with zero attached hydrogens (tertiary/aromatic N) is 2. The molecule has 2 fully saturated rings. The average molecular weight is 379 g/mol. The van der Waals surface area contributed by atoms with Crippen LogP contribution >= 0.6 is 11.8 Å². The molecule has 0 unspecified atom stereocenters. The molecule has 0 atom stereocenters. The lowest BCUT2D eigenvalue weighted by Gasteiger charge is -2.09. The number of hydrogen-bond donors (Lipinski definition) is 1. The smallest absolute Gasteiger partial charge is 0.264 e. The molecule has 0 bridgehead atoms. The first kappa shape index (κ1) is 17.8. The molecule has 2 aliphatic rings. The Hall–Kier alpha value is -2.60. The van der Waals surface area contributed by atoms with Gasteiger partial charge in [-0.3, -0.25) is 14.8 Å². The Labute approximate surface area is 162 Å². The van der Waals surface area contributed by atoms with Gasteiger partial charge in [-0.1, -0.05) is 37.1 Å². The van der Waals surface area contributed by atoms with E-state index in [0.29, 0.717) is 22.7 Å². The molecule has 2 heterocycles. The van der Waals surface area contributed by atoms with E-state index in [9.17, 15) is 4.79 Å². The van der Waals surface area contributed by atoms with Crippen LogP contribution in [0.2, 0.25) is 0 Å². The van der Waals surface area contributed by atoms with Crippen LogP contribution in [0.5, 0.6) is 5.75 Å². The molecule has 138 valence electrons. The van der Waals surface area contributed by atoms with Crippen LogP contribution in [0, 0.1) is 0 Å². The summed E-state index contributed by atoms with van der Waals surface area (Å²) in [6.07, 6.45) is 8.29. The van der Waals surface area contributed by atoms with Crippen LogP contribution in [0.4, 0.5) is 0 Å². The number of carbonyl (C=O) groups excluding carboxylic acids is 1. The molecule has 1 aliphatic heterocycles. The molecule has 27 heavy (non-hydrogen) atoms. The van der Waals surface area contributed by atoms with Crippen molar-refractivity contribution < 1.29 is 9.53 Å². The maximum Gasteiger partial charge on any atom is 0.264 e. The SMILES string of the molecule is O=C1NC(=NC2CCCC2)S/C1=C\c1ccccc1OCc1ccccn1. The number of pyridine rings is 1. The van der Waals surface area contributed by atoms with E-state index in [4.69, 9.17) is 4.74 Å². The van der Waals surface area contributed by atoms with Gasteiger partial charge >= 0.3 is 0 Å². The number of hydrogen-bond acceptors (Lipinski definition) is 5. The zero-order valence-electron chi connectivity index (χ0n) is 14.9. The number of amides is 1. The van der Waals surface area contributed by atoms with E-state index in [1.54, 1.807) is 6.20 Å². The molecule has 1 N–H and O–H groups in total. The monoisotopic (exact) mass is 379 g/mol. The van der Waals surface area contributed by atoms with Crippen molar-refractivity contribution in [1.82, 2.24) is 10.3 Å². The zero-order valence-corrected chi connectivity index (χ0v) is 15.7. The van der Waals surface area contributed by atoms with Gasteiger partial charge in [-0.15, -0.1) is 0 Å². The van der Waals surface area contributed by atoms with Crippen LogP contribution in [-0.4, -0.2) is 22.1 Å². The fourth-order valence-corrected chi connectivity index (χ4v) is 4.08. The van der Waals surface area contributed by atoms with Gasteiger partial charge in [-0.2, -0.15) is 0 Å². The van der Waals surface area contributed by atoms with Crippen LogP contribution in [-0.2, 0) is 11.4 Å². The topological polar surface area (TPSA) is 63.6 Å². The first-order chi connectivity index (χ1) is 13.3. The first-order valence-corrected chi connectivity index (χ1v) is 10.00. The highest BCUT2D eigenvalue weighted by molar-refractivity contribution is 8.18. The second-order valence-corrected chi connectivity index (χ2v) is 7.62. The van der Waals surface area contributed by atoms with Crippen molar-refractivity contribution in [1.29, 1.82) is 0 Å². The van der Waals surface area contributed by atoms with Gasteiger partial charge in [0, 0.05) is 11.8 Å². The molecule has 0 radical (unpaired) electrons. The third-order valence-corrected chi connectivity index (χ3v) is 5.51. The molecule has 5 nitrogen and oxygen atoms in total. The average Bonchev–Trinajstić information content (AvgIpc) is 3.32. The molecule has 1 aromatic heterocycles. The quantitative estimate of drug-likeness (QED) is 0.792. The minimum Gasteiger partial charge on any atom is -0.487 e. The molecule has 4 rings (SSSR count). The molecule has 0 spiro atoms. The molecule has 1 aliphatic carbocycles. The Morgan fingerprint density at radius 2 is 2.00 bits per heavy atom. The molecule has 2 aromatic rings. The van der Waals surface area contributed by atoms with E-state index in [2.05, 4.69) is 15.3 Å². The summed E-state index contributed by atoms with van der Waals surface area (Å²) in [6.45, 7) is 0.384. The van der Waals surface area contributed by atoms with Gasteiger partial charge in [0.25, 0.3) is 5.91 Å². The Morgan fingerprint density at radius 3 is 2.81 bits per heavy atom. The summed E-state index contributed by atoms with van der Waals surface area (Å²) in [7, 11) is 0. The largest absolute Gasteiger partial charge is 0.487 e. The number of aliphatic imine (C=N–C) groups is 1. The van der Waals surface area contributed by atoms with Gasteiger partial charge in [0.2, 0.25) is 0 Å². The third-order valence-electron chi connectivity index (χ3n) is 4.58. The van der Waals surface area contributed by atoms with Crippen molar-refractivity contribution >= 4 is 28.9 Å². The number of nitrogens with one attached hydrogen (secondary N) is 1. The van der Waals surface area contributed by atoms with Gasteiger partial charge in [0.15, 0.2) is 5.17 Å². The van der Waals surface area contributed by atoms with Crippen LogP contribution < -0.4 is 10.1 Å². The third kappa shape index (κ3) is 4.57. The van der Waals surface area contributed by atoms with Gasteiger partial charge in [-0.25, -0.2) is 0 Å². The Kier molecular flexibility index (Phi) is 5.53. The van der Waals surface area contributed by atoms with E-state index in [1.807, 2.05) is 48.5 Å². The van der Waals surface area contributed by atoms with Gasteiger partial charge in [0.05, 0.1) is 16.6 Å². The Morgan fingerprint density at radius 1 is 1.19 bits per heavy atom. The first-order valence-electron chi connectivity index (χ1n) is 9.18. The van der Waals surface area contributed by atoms with Gasteiger partial charge < -0.3 is 10.1 Å². The standard InChI is InChI=1S/C21H21N3O2S/c25-20-19(27-21(24-20)23-16-8-2-3-9-16)13-15-7-1-4-11-18(15)26-14-17-10-5-6-12-22-17/h1,4-7,10-13,16H,2-3,8-9,14H2,(H,23,24,25)/b19-13-. The number of amidine groups is 1. The van der Waals surface area contributed by atoms with Crippen LogP contribution in [0.25, 0.3) is 6.08 Å². The number of carbonyl (C=O) groups is 1. The van der Waals surface area contributed by atoms with E-state index < -0.39 is 0 Å².